The first kappa shape index (κ1) is 19.7. The molecule has 0 spiro atoms. The molecule has 3 aromatic rings. The van der Waals surface area contributed by atoms with Gasteiger partial charge in [0.2, 0.25) is 0 Å². The van der Waals surface area contributed by atoms with E-state index in [1.807, 2.05) is 78.9 Å². The van der Waals surface area contributed by atoms with E-state index in [4.69, 9.17) is 10.00 Å². The Morgan fingerprint density at radius 2 is 1.45 bits per heavy atom. The highest BCUT2D eigenvalue weighted by Gasteiger charge is 2.50. The van der Waals surface area contributed by atoms with Gasteiger partial charge in [-0.3, -0.25) is 0 Å². The summed E-state index contributed by atoms with van der Waals surface area (Å²) in [5.41, 5.74) is 1.84. The quantitative estimate of drug-likeness (QED) is 0.582. The predicted octanol–water partition coefficient (Wildman–Crippen LogP) is 5.40. The van der Waals surface area contributed by atoms with Gasteiger partial charge in [0.15, 0.2) is 0 Å². The van der Waals surface area contributed by atoms with Gasteiger partial charge in [-0.15, -0.1) is 0 Å². The smallest absolute Gasteiger partial charge is 0.133 e. The van der Waals surface area contributed by atoms with E-state index in [0.29, 0.717) is 12.2 Å². The zero-order chi connectivity index (χ0) is 20.1. The van der Waals surface area contributed by atoms with Crippen LogP contribution in [-0.4, -0.2) is 17.0 Å². The maximum absolute atomic E-state index is 12.2. The topological polar surface area (TPSA) is 53.2 Å². The molecule has 4 rings (SSSR count). The van der Waals surface area contributed by atoms with Crippen LogP contribution in [0.4, 0.5) is 0 Å². The number of aliphatic hydroxyl groups is 1. The second-order valence-corrected chi connectivity index (χ2v) is 8.18. The number of hydrogen-bond donors (Lipinski definition) is 1. The average Bonchev–Trinajstić information content (AvgIpc) is 2.79. The third-order valence-electron chi connectivity index (χ3n) is 5.59. The molecule has 0 saturated carbocycles. The number of thiocyanates is 1. The van der Waals surface area contributed by atoms with Gasteiger partial charge in [0.25, 0.3) is 0 Å². The highest BCUT2D eigenvalue weighted by atomic mass is 32.2. The molecule has 3 nitrogen and oxygen atoms in total. The minimum atomic E-state index is -1.11. The van der Waals surface area contributed by atoms with Crippen molar-refractivity contribution in [2.75, 3.05) is 5.75 Å². The van der Waals surface area contributed by atoms with Gasteiger partial charge in [-0.25, -0.2) is 0 Å². The number of rotatable bonds is 5. The van der Waals surface area contributed by atoms with E-state index in [2.05, 4.69) is 17.5 Å². The molecule has 1 aliphatic heterocycles. The van der Waals surface area contributed by atoms with Crippen molar-refractivity contribution in [3.8, 4) is 5.40 Å². The standard InChI is InChI=1S/C25H23NO2S/c26-18-29-17-22-16-25(27,21-14-8-3-9-15-21)23(19-10-4-1-5-11-19)24(28-22)20-12-6-2-7-13-20/h1-15,22-24,27H,16-17H2/t22-,23-,24-,25-/m0/s1. The van der Waals surface area contributed by atoms with Crippen LogP contribution in [0.15, 0.2) is 91.0 Å². The van der Waals surface area contributed by atoms with Crippen LogP contribution >= 0.6 is 11.8 Å². The van der Waals surface area contributed by atoms with E-state index in [1.54, 1.807) is 0 Å². The van der Waals surface area contributed by atoms with Crippen molar-refractivity contribution in [3.05, 3.63) is 108 Å². The van der Waals surface area contributed by atoms with Crippen LogP contribution in [0.3, 0.4) is 0 Å². The van der Waals surface area contributed by atoms with E-state index < -0.39 is 5.60 Å². The van der Waals surface area contributed by atoms with Crippen molar-refractivity contribution in [3.63, 3.8) is 0 Å². The Morgan fingerprint density at radius 1 is 0.897 bits per heavy atom. The molecule has 1 heterocycles. The average molecular weight is 402 g/mol. The summed E-state index contributed by atoms with van der Waals surface area (Å²) in [5, 5.41) is 23.4. The lowest BCUT2D eigenvalue weighted by atomic mass is 9.68. The van der Waals surface area contributed by atoms with Crippen molar-refractivity contribution in [1.82, 2.24) is 0 Å². The highest BCUT2D eigenvalue weighted by molar-refractivity contribution is 8.03. The first-order valence-electron chi connectivity index (χ1n) is 9.76. The van der Waals surface area contributed by atoms with Gasteiger partial charge < -0.3 is 9.84 Å². The maximum Gasteiger partial charge on any atom is 0.133 e. The van der Waals surface area contributed by atoms with Gasteiger partial charge >= 0.3 is 0 Å². The number of thioether (sulfide) groups is 1. The monoisotopic (exact) mass is 401 g/mol. The Morgan fingerprint density at radius 3 is 2.03 bits per heavy atom. The maximum atomic E-state index is 12.2. The molecule has 0 amide bonds. The predicted molar refractivity (Wildman–Crippen MR) is 116 cm³/mol. The molecule has 146 valence electrons. The fraction of sp³-hybridized carbons (Fsp3) is 0.240. The van der Waals surface area contributed by atoms with Crippen LogP contribution in [-0.2, 0) is 10.3 Å². The molecule has 29 heavy (non-hydrogen) atoms. The van der Waals surface area contributed by atoms with E-state index in [9.17, 15) is 5.11 Å². The molecule has 0 aromatic heterocycles. The summed E-state index contributed by atoms with van der Waals surface area (Å²) in [6, 6.07) is 30.0. The summed E-state index contributed by atoms with van der Waals surface area (Å²) in [4.78, 5) is 0. The molecular weight excluding hydrogens is 378 g/mol. The highest BCUT2D eigenvalue weighted by Crippen LogP contribution is 2.53. The van der Waals surface area contributed by atoms with Crippen LogP contribution in [0.1, 0.15) is 35.1 Å². The lowest BCUT2D eigenvalue weighted by molar-refractivity contribution is -0.161. The van der Waals surface area contributed by atoms with Crippen LogP contribution in [0.25, 0.3) is 0 Å². The number of benzene rings is 3. The first-order valence-corrected chi connectivity index (χ1v) is 10.7. The molecule has 4 atom stereocenters. The Bertz CT molecular complexity index is 958. The second kappa shape index (κ2) is 8.84. The number of hydrogen-bond acceptors (Lipinski definition) is 4. The van der Waals surface area contributed by atoms with Crippen molar-refractivity contribution < 1.29 is 9.84 Å². The van der Waals surface area contributed by atoms with Crippen molar-refractivity contribution in [2.45, 2.75) is 30.1 Å². The molecule has 1 aliphatic rings. The second-order valence-electron chi connectivity index (χ2n) is 7.37. The first-order chi connectivity index (χ1) is 14.2. The summed E-state index contributed by atoms with van der Waals surface area (Å²) < 4.78 is 6.53. The number of nitrogens with zero attached hydrogens (tertiary/aromatic N) is 1. The molecular formula is C25H23NO2S. The largest absolute Gasteiger partial charge is 0.384 e. The van der Waals surface area contributed by atoms with Crippen LogP contribution < -0.4 is 0 Å². The molecule has 0 bridgehead atoms. The van der Waals surface area contributed by atoms with Crippen LogP contribution in [0, 0.1) is 10.7 Å². The molecule has 0 aliphatic carbocycles. The van der Waals surface area contributed by atoms with Gasteiger partial charge in [-0.05, 0) is 28.5 Å². The summed E-state index contributed by atoms with van der Waals surface area (Å²) in [5.74, 6) is 0.257. The molecule has 3 aromatic carbocycles. The Balaban J connectivity index is 1.86. The summed E-state index contributed by atoms with van der Waals surface area (Å²) in [6.07, 6.45) is -0.105. The Kier molecular flexibility index (Phi) is 6.01. The molecule has 0 unspecified atom stereocenters. The van der Waals surface area contributed by atoms with Crippen LogP contribution in [0.5, 0.6) is 0 Å². The van der Waals surface area contributed by atoms with E-state index >= 15 is 0 Å². The van der Waals surface area contributed by atoms with Crippen LogP contribution in [0.2, 0.25) is 0 Å². The van der Waals surface area contributed by atoms with Crippen molar-refractivity contribution in [2.24, 2.45) is 0 Å². The van der Waals surface area contributed by atoms with E-state index in [1.165, 1.54) is 11.8 Å². The molecule has 1 fully saturated rings. The van der Waals surface area contributed by atoms with Gasteiger partial charge in [-0.2, -0.15) is 5.26 Å². The lowest BCUT2D eigenvalue weighted by Gasteiger charge is -2.48. The van der Waals surface area contributed by atoms with E-state index in [-0.39, 0.29) is 18.1 Å². The number of ether oxygens (including phenoxy) is 1. The Labute approximate surface area is 176 Å². The van der Waals surface area contributed by atoms with Gasteiger partial charge in [0.1, 0.15) is 11.0 Å². The molecule has 1 saturated heterocycles. The zero-order valence-corrected chi connectivity index (χ0v) is 16.8. The third-order valence-corrected chi connectivity index (χ3v) is 6.26. The lowest BCUT2D eigenvalue weighted by Crippen LogP contribution is -2.47. The van der Waals surface area contributed by atoms with Crippen molar-refractivity contribution >= 4 is 11.8 Å². The summed E-state index contributed by atoms with van der Waals surface area (Å²) >= 11 is 1.17. The van der Waals surface area contributed by atoms with Gasteiger partial charge in [0.05, 0.1) is 12.2 Å². The molecule has 4 heteroatoms. The third kappa shape index (κ3) is 4.09. The molecule has 0 radical (unpaired) electrons. The van der Waals surface area contributed by atoms with Crippen molar-refractivity contribution in [1.29, 1.82) is 5.26 Å². The Hall–Kier alpha value is -2.58. The minimum absolute atomic E-state index is 0.227. The normalized spacial score (nSPS) is 26.6. The molecule has 1 N–H and O–H groups in total. The van der Waals surface area contributed by atoms with Gasteiger partial charge in [0, 0.05) is 18.1 Å². The van der Waals surface area contributed by atoms with Gasteiger partial charge in [-0.1, -0.05) is 91.0 Å². The number of nitriles is 1. The zero-order valence-electron chi connectivity index (χ0n) is 16.0. The SMILES string of the molecule is N#CSC[C@@H]1C[C@](O)(c2ccccc2)[C@@H](c2ccccc2)[C@H](c2ccccc2)O1. The summed E-state index contributed by atoms with van der Waals surface area (Å²) in [7, 11) is 0. The fourth-order valence-corrected chi connectivity index (χ4v) is 4.79. The minimum Gasteiger partial charge on any atom is -0.384 e. The van der Waals surface area contributed by atoms with E-state index in [0.717, 1.165) is 16.7 Å². The fourth-order valence-electron chi connectivity index (χ4n) is 4.34. The summed E-state index contributed by atoms with van der Waals surface area (Å²) in [6.45, 7) is 0.